The van der Waals surface area contributed by atoms with Crippen molar-refractivity contribution in [1.29, 1.82) is 0 Å². The number of benzene rings is 1. The Bertz CT molecular complexity index is 610. The second-order valence-corrected chi connectivity index (χ2v) is 6.22. The van der Waals surface area contributed by atoms with Gasteiger partial charge < -0.3 is 34.6 Å². The predicted molar refractivity (Wildman–Crippen MR) is 91.0 cm³/mol. The molecule has 1 aliphatic heterocycles. The van der Waals surface area contributed by atoms with E-state index in [4.69, 9.17) is 14.2 Å². The summed E-state index contributed by atoms with van der Waals surface area (Å²) in [6, 6.07) is 6.14. The maximum Gasteiger partial charge on any atom is 0.331 e. The molecule has 1 saturated heterocycles. The fraction of sp³-hybridized carbons (Fsp3) is 0.500. The van der Waals surface area contributed by atoms with Crippen LogP contribution in [0.5, 0.6) is 5.75 Å². The summed E-state index contributed by atoms with van der Waals surface area (Å²) >= 11 is 0. The topological polar surface area (TPSA) is 126 Å². The molecule has 1 aliphatic rings. The summed E-state index contributed by atoms with van der Waals surface area (Å²) in [5, 5.41) is 39.0. The number of aliphatic hydroxyl groups is 3. The molecule has 0 spiro atoms. The Balaban J connectivity index is 2.02. The van der Waals surface area contributed by atoms with Crippen LogP contribution in [0.25, 0.3) is 6.08 Å². The largest absolute Gasteiger partial charge is 0.508 e. The van der Waals surface area contributed by atoms with E-state index in [1.54, 1.807) is 26.0 Å². The molecule has 1 aromatic carbocycles. The fourth-order valence-electron chi connectivity index (χ4n) is 2.50. The number of phenols is 1. The standard InChI is InChI=1S/C18H24O8/c1-10(2)24-18-16(23)15(22)17(13(9-19)25-18)26-14(21)8-5-11-3-6-12(20)7-4-11/h3-8,10,13,15-20,22-23H,9H2,1-2H3/b8-5+/t13-,15-,16-,17-,18-/m1/s1. The quantitative estimate of drug-likeness (QED) is 0.414. The molecule has 0 bridgehead atoms. The average molecular weight is 368 g/mol. The molecule has 0 aromatic heterocycles. The molecule has 1 fully saturated rings. The van der Waals surface area contributed by atoms with Crippen LogP contribution >= 0.6 is 0 Å². The number of carbonyl (C=O) groups is 1. The van der Waals surface area contributed by atoms with Gasteiger partial charge >= 0.3 is 5.97 Å². The summed E-state index contributed by atoms with van der Waals surface area (Å²) < 4.78 is 15.9. The normalized spacial score (nSPS) is 29.2. The van der Waals surface area contributed by atoms with Crippen molar-refractivity contribution in [2.24, 2.45) is 0 Å². The van der Waals surface area contributed by atoms with Gasteiger partial charge in [0, 0.05) is 6.08 Å². The van der Waals surface area contributed by atoms with Crippen LogP contribution in [-0.2, 0) is 19.0 Å². The van der Waals surface area contributed by atoms with E-state index in [9.17, 15) is 25.2 Å². The first-order valence-corrected chi connectivity index (χ1v) is 8.27. The Morgan fingerprint density at radius 2 is 1.88 bits per heavy atom. The molecule has 0 unspecified atom stereocenters. The zero-order valence-electron chi connectivity index (χ0n) is 14.6. The van der Waals surface area contributed by atoms with Crippen molar-refractivity contribution >= 4 is 12.0 Å². The molecule has 1 heterocycles. The molecule has 4 N–H and O–H groups in total. The van der Waals surface area contributed by atoms with Gasteiger partial charge in [-0.05, 0) is 37.6 Å². The van der Waals surface area contributed by atoms with Crippen LogP contribution in [-0.4, -0.2) is 69.8 Å². The summed E-state index contributed by atoms with van der Waals surface area (Å²) in [6.07, 6.45) is -4.00. The Hall–Kier alpha value is -1.97. The van der Waals surface area contributed by atoms with Gasteiger partial charge in [0.05, 0.1) is 12.7 Å². The summed E-state index contributed by atoms with van der Waals surface area (Å²) in [5.41, 5.74) is 0.657. The molecule has 5 atom stereocenters. The van der Waals surface area contributed by atoms with Gasteiger partial charge in [0.1, 0.15) is 24.1 Å². The maximum absolute atomic E-state index is 12.0. The zero-order valence-corrected chi connectivity index (χ0v) is 14.6. The molecule has 144 valence electrons. The highest BCUT2D eigenvalue weighted by atomic mass is 16.7. The molecule has 8 nitrogen and oxygen atoms in total. The van der Waals surface area contributed by atoms with Gasteiger partial charge in [0.2, 0.25) is 0 Å². The highest BCUT2D eigenvalue weighted by molar-refractivity contribution is 5.87. The first kappa shape index (κ1) is 20.3. The maximum atomic E-state index is 12.0. The number of esters is 1. The highest BCUT2D eigenvalue weighted by Crippen LogP contribution is 2.25. The molecule has 0 aliphatic carbocycles. The van der Waals surface area contributed by atoms with Crippen LogP contribution in [0.3, 0.4) is 0 Å². The van der Waals surface area contributed by atoms with Crippen molar-refractivity contribution in [3.05, 3.63) is 35.9 Å². The van der Waals surface area contributed by atoms with E-state index in [0.717, 1.165) is 6.08 Å². The number of phenolic OH excluding ortho intramolecular Hbond substituents is 1. The smallest absolute Gasteiger partial charge is 0.331 e. The van der Waals surface area contributed by atoms with Crippen molar-refractivity contribution in [3.8, 4) is 5.75 Å². The number of rotatable bonds is 6. The van der Waals surface area contributed by atoms with E-state index in [1.807, 2.05) is 0 Å². The monoisotopic (exact) mass is 368 g/mol. The summed E-state index contributed by atoms with van der Waals surface area (Å²) in [5.74, 6) is -0.676. The first-order chi connectivity index (χ1) is 12.3. The summed E-state index contributed by atoms with van der Waals surface area (Å²) in [6.45, 7) is 2.94. The lowest BCUT2D eigenvalue weighted by molar-refractivity contribution is -0.309. The van der Waals surface area contributed by atoms with Crippen LogP contribution < -0.4 is 0 Å². The minimum Gasteiger partial charge on any atom is -0.508 e. The predicted octanol–water partition coefficient (Wildman–Crippen LogP) is 0.181. The van der Waals surface area contributed by atoms with Gasteiger partial charge in [-0.3, -0.25) is 0 Å². The highest BCUT2D eigenvalue weighted by Gasteiger charge is 2.47. The molecule has 0 amide bonds. The van der Waals surface area contributed by atoms with E-state index in [2.05, 4.69) is 0 Å². The van der Waals surface area contributed by atoms with Gasteiger partial charge in [0.25, 0.3) is 0 Å². The molecular weight excluding hydrogens is 344 g/mol. The van der Waals surface area contributed by atoms with Crippen molar-refractivity contribution in [3.63, 3.8) is 0 Å². The van der Waals surface area contributed by atoms with Crippen molar-refractivity contribution in [2.75, 3.05) is 6.61 Å². The van der Waals surface area contributed by atoms with Gasteiger partial charge in [-0.2, -0.15) is 0 Å². The minimum absolute atomic E-state index is 0.102. The number of hydrogen-bond acceptors (Lipinski definition) is 8. The average Bonchev–Trinajstić information content (AvgIpc) is 2.60. The Kier molecular flexibility index (Phi) is 7.13. The fourth-order valence-corrected chi connectivity index (χ4v) is 2.50. The number of aliphatic hydroxyl groups excluding tert-OH is 3. The number of aromatic hydroxyl groups is 1. The third kappa shape index (κ3) is 5.26. The van der Waals surface area contributed by atoms with Gasteiger partial charge in [0.15, 0.2) is 12.4 Å². The summed E-state index contributed by atoms with van der Waals surface area (Å²) in [4.78, 5) is 12.0. The second kappa shape index (κ2) is 9.11. The van der Waals surface area contributed by atoms with Crippen LogP contribution in [0, 0.1) is 0 Å². The van der Waals surface area contributed by atoms with Crippen molar-refractivity contribution in [2.45, 2.75) is 50.7 Å². The zero-order chi connectivity index (χ0) is 19.3. The van der Waals surface area contributed by atoms with E-state index in [1.165, 1.54) is 18.2 Å². The number of carbonyl (C=O) groups excluding carboxylic acids is 1. The van der Waals surface area contributed by atoms with Gasteiger partial charge in [-0.15, -0.1) is 0 Å². The lowest BCUT2D eigenvalue weighted by atomic mass is 9.99. The SMILES string of the molecule is CC(C)O[C@@H]1O[C@H](CO)[C@@H](OC(=O)/C=C/c2ccc(O)cc2)[C@H](O)[C@H]1O. The molecule has 8 heteroatoms. The molecule has 26 heavy (non-hydrogen) atoms. The van der Waals surface area contributed by atoms with Crippen molar-refractivity contribution < 1.29 is 39.4 Å². The molecule has 1 aromatic rings. The number of hydrogen-bond donors (Lipinski definition) is 4. The molecule has 0 saturated carbocycles. The summed E-state index contributed by atoms with van der Waals surface area (Å²) in [7, 11) is 0. The van der Waals surface area contributed by atoms with E-state index < -0.39 is 43.3 Å². The van der Waals surface area contributed by atoms with E-state index in [0.29, 0.717) is 5.56 Å². The Morgan fingerprint density at radius 3 is 2.46 bits per heavy atom. The molecule has 2 rings (SSSR count). The number of ether oxygens (including phenoxy) is 3. The van der Waals surface area contributed by atoms with Crippen LogP contribution in [0.1, 0.15) is 19.4 Å². The van der Waals surface area contributed by atoms with Gasteiger partial charge in [-0.1, -0.05) is 12.1 Å². The lowest BCUT2D eigenvalue weighted by Gasteiger charge is -2.41. The Labute approximate surface area is 151 Å². The van der Waals surface area contributed by atoms with Crippen LogP contribution in [0.2, 0.25) is 0 Å². The molecule has 0 radical (unpaired) electrons. The van der Waals surface area contributed by atoms with Crippen molar-refractivity contribution in [1.82, 2.24) is 0 Å². The third-order valence-electron chi connectivity index (χ3n) is 3.78. The first-order valence-electron chi connectivity index (χ1n) is 8.27. The van der Waals surface area contributed by atoms with Crippen LogP contribution in [0.15, 0.2) is 30.3 Å². The second-order valence-electron chi connectivity index (χ2n) is 6.22. The Morgan fingerprint density at radius 1 is 1.23 bits per heavy atom. The lowest BCUT2D eigenvalue weighted by Crippen LogP contribution is -2.60. The third-order valence-corrected chi connectivity index (χ3v) is 3.78. The van der Waals surface area contributed by atoms with E-state index >= 15 is 0 Å². The molecular formula is C18H24O8. The minimum atomic E-state index is -1.48. The van der Waals surface area contributed by atoms with Crippen LogP contribution in [0.4, 0.5) is 0 Å². The van der Waals surface area contributed by atoms with Gasteiger partial charge in [-0.25, -0.2) is 4.79 Å². The van der Waals surface area contributed by atoms with E-state index in [-0.39, 0.29) is 11.9 Å².